The van der Waals surface area contributed by atoms with Gasteiger partial charge in [0, 0.05) is 5.02 Å². The van der Waals surface area contributed by atoms with Crippen molar-refractivity contribution in [3.8, 4) is 0 Å². The largest absolute Gasteiger partial charge is 0.341 e. The molecule has 2 amide bonds. The normalized spacial score (nSPS) is 16.2. The van der Waals surface area contributed by atoms with Gasteiger partial charge in [0.2, 0.25) is 0 Å². The van der Waals surface area contributed by atoms with Gasteiger partial charge in [-0.25, -0.2) is 4.39 Å². The third kappa shape index (κ3) is 3.57. The first-order valence-corrected chi connectivity index (χ1v) is 8.07. The van der Waals surface area contributed by atoms with Crippen molar-refractivity contribution in [1.82, 2.24) is 5.32 Å². The Morgan fingerprint density at radius 1 is 1.12 bits per heavy atom. The maximum Gasteiger partial charge on any atom is 0.313 e. The summed E-state index contributed by atoms with van der Waals surface area (Å²) < 4.78 is 13.6. The van der Waals surface area contributed by atoms with Gasteiger partial charge >= 0.3 is 11.8 Å². The first kappa shape index (κ1) is 16.5. The van der Waals surface area contributed by atoms with Gasteiger partial charge in [-0.2, -0.15) is 0 Å². The van der Waals surface area contributed by atoms with Crippen molar-refractivity contribution in [2.45, 2.75) is 25.3 Å². The predicted octanol–water partition coefficient (Wildman–Crippen LogP) is 3.61. The molecule has 0 saturated heterocycles. The Morgan fingerprint density at radius 3 is 2.75 bits per heavy atom. The highest BCUT2D eigenvalue weighted by atomic mass is 35.5. The maximum absolute atomic E-state index is 13.6. The van der Waals surface area contributed by atoms with Crippen LogP contribution in [-0.4, -0.2) is 11.8 Å². The molecule has 1 unspecified atom stereocenters. The molecule has 0 aliphatic heterocycles. The first-order valence-electron chi connectivity index (χ1n) is 7.69. The van der Waals surface area contributed by atoms with Crippen LogP contribution >= 0.6 is 11.6 Å². The smallest absolute Gasteiger partial charge is 0.313 e. The summed E-state index contributed by atoms with van der Waals surface area (Å²) in [6, 6.07) is 11.4. The Hall–Kier alpha value is -2.40. The highest BCUT2D eigenvalue weighted by Gasteiger charge is 2.24. The second-order valence-electron chi connectivity index (χ2n) is 5.70. The van der Waals surface area contributed by atoms with Gasteiger partial charge in [-0.3, -0.25) is 9.59 Å². The number of fused-ring (bicyclic) bond motifs is 1. The van der Waals surface area contributed by atoms with E-state index in [2.05, 4.69) is 10.6 Å². The second-order valence-corrected chi connectivity index (χ2v) is 6.13. The molecule has 2 aromatic carbocycles. The number of halogens is 2. The highest BCUT2D eigenvalue weighted by Crippen LogP contribution is 2.29. The lowest BCUT2D eigenvalue weighted by Gasteiger charge is -2.26. The molecule has 2 aromatic rings. The summed E-state index contributed by atoms with van der Waals surface area (Å²) in [4.78, 5) is 24.2. The van der Waals surface area contributed by atoms with Crippen LogP contribution in [0.2, 0.25) is 5.02 Å². The number of carbonyl (C=O) groups excluding carboxylic acids is 2. The molecule has 0 bridgehead atoms. The average molecular weight is 347 g/mol. The monoisotopic (exact) mass is 346 g/mol. The van der Waals surface area contributed by atoms with Crippen LogP contribution < -0.4 is 10.6 Å². The molecule has 0 saturated carbocycles. The van der Waals surface area contributed by atoms with Crippen molar-refractivity contribution in [3.05, 3.63) is 64.4 Å². The molecular formula is C18H16ClFN2O2. The van der Waals surface area contributed by atoms with Gasteiger partial charge < -0.3 is 10.6 Å². The molecule has 24 heavy (non-hydrogen) atoms. The number of amides is 2. The lowest BCUT2D eigenvalue weighted by Crippen LogP contribution is -2.39. The summed E-state index contributed by atoms with van der Waals surface area (Å²) >= 11 is 5.77. The number of carbonyl (C=O) groups is 2. The minimum Gasteiger partial charge on any atom is -0.341 e. The van der Waals surface area contributed by atoms with E-state index in [1.807, 2.05) is 24.3 Å². The SMILES string of the molecule is O=C(Nc1cc(Cl)ccc1F)C(=O)NC1CCCc2ccccc21. The number of hydrogen-bond acceptors (Lipinski definition) is 2. The molecule has 0 aromatic heterocycles. The van der Waals surface area contributed by atoms with E-state index in [4.69, 9.17) is 11.6 Å². The lowest BCUT2D eigenvalue weighted by molar-refractivity contribution is -0.136. The van der Waals surface area contributed by atoms with Crippen molar-refractivity contribution in [1.29, 1.82) is 0 Å². The fourth-order valence-electron chi connectivity index (χ4n) is 2.90. The molecule has 4 nitrogen and oxygen atoms in total. The number of nitrogens with one attached hydrogen (secondary N) is 2. The zero-order valence-electron chi connectivity index (χ0n) is 12.8. The van der Waals surface area contributed by atoms with Gasteiger partial charge in [-0.15, -0.1) is 0 Å². The van der Waals surface area contributed by atoms with Crippen LogP contribution in [-0.2, 0) is 16.0 Å². The van der Waals surface area contributed by atoms with Crippen molar-refractivity contribution < 1.29 is 14.0 Å². The first-order chi connectivity index (χ1) is 11.5. The summed E-state index contributed by atoms with van der Waals surface area (Å²) in [5.74, 6) is -2.36. The number of rotatable bonds is 2. The van der Waals surface area contributed by atoms with Crippen molar-refractivity contribution >= 4 is 29.1 Å². The predicted molar refractivity (Wildman–Crippen MR) is 90.3 cm³/mol. The van der Waals surface area contributed by atoms with Crippen molar-refractivity contribution in [2.75, 3.05) is 5.32 Å². The molecular weight excluding hydrogens is 331 g/mol. The minimum absolute atomic E-state index is 0.119. The summed E-state index contributed by atoms with van der Waals surface area (Å²) in [6.07, 6.45) is 2.66. The fraction of sp³-hybridized carbons (Fsp3) is 0.222. The molecule has 0 radical (unpaired) electrons. The molecule has 1 atom stereocenters. The van der Waals surface area contributed by atoms with Crippen LogP contribution in [0.4, 0.5) is 10.1 Å². The maximum atomic E-state index is 13.6. The summed E-state index contributed by atoms with van der Waals surface area (Å²) in [6.45, 7) is 0. The highest BCUT2D eigenvalue weighted by molar-refractivity contribution is 6.40. The van der Waals surface area contributed by atoms with Gasteiger partial charge in [0.15, 0.2) is 0 Å². The van der Waals surface area contributed by atoms with Crippen molar-refractivity contribution in [2.24, 2.45) is 0 Å². The van der Waals surface area contributed by atoms with E-state index in [1.165, 1.54) is 17.7 Å². The van der Waals surface area contributed by atoms with E-state index in [9.17, 15) is 14.0 Å². The van der Waals surface area contributed by atoms with Gasteiger partial charge in [-0.05, 0) is 48.6 Å². The van der Waals surface area contributed by atoms with E-state index in [0.717, 1.165) is 30.9 Å². The molecule has 3 rings (SSSR count). The summed E-state index contributed by atoms with van der Waals surface area (Å²) in [7, 11) is 0. The third-order valence-corrected chi connectivity index (χ3v) is 4.29. The zero-order chi connectivity index (χ0) is 17.1. The standard InChI is InChI=1S/C18H16ClFN2O2/c19-12-8-9-14(20)16(10-12)22-18(24)17(23)21-15-7-3-5-11-4-1-2-6-13(11)15/h1-2,4,6,8-10,15H,3,5,7H2,(H,21,23)(H,22,24). The molecule has 1 aliphatic rings. The molecule has 0 heterocycles. The topological polar surface area (TPSA) is 58.2 Å². The Bertz CT molecular complexity index is 794. The molecule has 1 aliphatic carbocycles. The molecule has 124 valence electrons. The lowest BCUT2D eigenvalue weighted by atomic mass is 9.88. The second kappa shape index (κ2) is 7.01. The van der Waals surface area contributed by atoms with E-state index in [-0.39, 0.29) is 16.8 Å². The van der Waals surface area contributed by atoms with Crippen LogP contribution in [0.5, 0.6) is 0 Å². The fourth-order valence-corrected chi connectivity index (χ4v) is 3.07. The minimum atomic E-state index is -0.917. The van der Waals surface area contributed by atoms with Crippen LogP contribution in [0.15, 0.2) is 42.5 Å². The average Bonchev–Trinajstić information content (AvgIpc) is 2.58. The Kier molecular flexibility index (Phi) is 4.81. The Labute approximate surface area is 144 Å². The van der Waals surface area contributed by atoms with Crippen LogP contribution in [0.25, 0.3) is 0 Å². The van der Waals surface area contributed by atoms with Crippen LogP contribution in [0.1, 0.15) is 30.0 Å². The van der Waals surface area contributed by atoms with Crippen LogP contribution in [0, 0.1) is 5.82 Å². The third-order valence-electron chi connectivity index (χ3n) is 4.06. The number of benzene rings is 2. The Balaban J connectivity index is 1.69. The van der Waals surface area contributed by atoms with E-state index in [1.54, 1.807) is 0 Å². The number of hydrogen-bond donors (Lipinski definition) is 2. The van der Waals surface area contributed by atoms with E-state index < -0.39 is 17.6 Å². The number of aryl methyl sites for hydroxylation is 1. The molecule has 0 fully saturated rings. The van der Waals surface area contributed by atoms with Gasteiger partial charge in [-0.1, -0.05) is 35.9 Å². The van der Waals surface area contributed by atoms with Crippen molar-refractivity contribution in [3.63, 3.8) is 0 Å². The Morgan fingerprint density at radius 2 is 1.92 bits per heavy atom. The van der Waals surface area contributed by atoms with E-state index in [0.29, 0.717) is 0 Å². The molecule has 2 N–H and O–H groups in total. The van der Waals surface area contributed by atoms with E-state index >= 15 is 0 Å². The summed E-state index contributed by atoms with van der Waals surface area (Å²) in [5, 5.41) is 5.25. The molecule has 6 heteroatoms. The quantitative estimate of drug-likeness (QED) is 0.816. The van der Waals surface area contributed by atoms with Gasteiger partial charge in [0.1, 0.15) is 5.82 Å². The zero-order valence-corrected chi connectivity index (χ0v) is 13.6. The summed E-state index contributed by atoms with van der Waals surface area (Å²) in [5.41, 5.74) is 2.08. The number of anilines is 1. The van der Waals surface area contributed by atoms with Gasteiger partial charge in [0.25, 0.3) is 0 Å². The van der Waals surface area contributed by atoms with Gasteiger partial charge in [0.05, 0.1) is 11.7 Å². The van der Waals surface area contributed by atoms with Crippen LogP contribution in [0.3, 0.4) is 0 Å². The molecule has 0 spiro atoms.